The van der Waals surface area contributed by atoms with Crippen LogP contribution in [0.3, 0.4) is 0 Å². The van der Waals surface area contributed by atoms with Crippen LogP contribution in [0.15, 0.2) is 30.3 Å². The SMILES string of the molecule is Cc1c(C(=O)Nc2cccc(C(C)(F)F)c2)cc(C(C)(C)C)n1C1CCN(C)CC1. The zero-order chi connectivity index (χ0) is 22.3. The van der Waals surface area contributed by atoms with Crippen molar-refractivity contribution in [3.63, 3.8) is 0 Å². The maximum atomic E-state index is 13.7. The number of benzene rings is 1. The third-order valence-electron chi connectivity index (χ3n) is 5.99. The Kier molecular flexibility index (Phi) is 6.10. The minimum absolute atomic E-state index is 0.114. The van der Waals surface area contributed by atoms with Crippen molar-refractivity contribution in [1.82, 2.24) is 9.47 Å². The monoisotopic (exact) mass is 417 g/mol. The van der Waals surface area contributed by atoms with Crippen LogP contribution < -0.4 is 5.32 Å². The van der Waals surface area contributed by atoms with Gasteiger partial charge in [-0.15, -0.1) is 0 Å². The van der Waals surface area contributed by atoms with E-state index in [1.807, 2.05) is 13.0 Å². The molecular formula is C24H33F2N3O. The molecule has 1 aliphatic rings. The molecule has 0 radical (unpaired) electrons. The Morgan fingerprint density at radius 3 is 2.30 bits per heavy atom. The van der Waals surface area contributed by atoms with Crippen molar-refractivity contribution < 1.29 is 13.6 Å². The standard InChI is InChI=1S/C24H33F2N3O/c1-16-20(22(30)27-18-9-7-8-17(14-18)24(5,25)26)15-21(23(2,3)4)29(16)19-10-12-28(6)13-11-19/h7-9,14-15,19H,10-13H2,1-6H3,(H,27,30). The summed E-state index contributed by atoms with van der Waals surface area (Å²) in [7, 11) is 2.14. The van der Waals surface area contributed by atoms with Crippen molar-refractivity contribution in [2.45, 2.75) is 64.8 Å². The second kappa shape index (κ2) is 8.14. The number of carbonyl (C=O) groups is 1. The molecule has 164 valence electrons. The molecule has 1 saturated heterocycles. The molecule has 0 saturated carbocycles. The van der Waals surface area contributed by atoms with Gasteiger partial charge >= 0.3 is 0 Å². The first-order chi connectivity index (χ1) is 13.9. The number of alkyl halides is 2. The summed E-state index contributed by atoms with van der Waals surface area (Å²) in [6.07, 6.45) is 2.09. The lowest BCUT2D eigenvalue weighted by Gasteiger charge is -2.34. The molecule has 1 fully saturated rings. The van der Waals surface area contributed by atoms with Crippen LogP contribution in [0.25, 0.3) is 0 Å². The normalized spacial score (nSPS) is 16.7. The Hall–Kier alpha value is -2.21. The largest absolute Gasteiger partial charge is 0.344 e. The highest BCUT2D eigenvalue weighted by Gasteiger charge is 2.30. The van der Waals surface area contributed by atoms with E-state index < -0.39 is 5.92 Å². The van der Waals surface area contributed by atoms with E-state index in [0.717, 1.165) is 44.2 Å². The Balaban J connectivity index is 1.93. The molecule has 1 aliphatic heterocycles. The Morgan fingerprint density at radius 1 is 1.10 bits per heavy atom. The highest BCUT2D eigenvalue weighted by molar-refractivity contribution is 6.05. The fraction of sp³-hybridized carbons (Fsp3) is 0.542. The van der Waals surface area contributed by atoms with Crippen molar-refractivity contribution in [1.29, 1.82) is 0 Å². The van der Waals surface area contributed by atoms with Gasteiger partial charge in [-0.1, -0.05) is 32.9 Å². The summed E-state index contributed by atoms with van der Waals surface area (Å²) in [4.78, 5) is 15.4. The first-order valence-electron chi connectivity index (χ1n) is 10.6. The van der Waals surface area contributed by atoms with Crippen LogP contribution in [0, 0.1) is 6.92 Å². The molecule has 0 spiro atoms. The fourth-order valence-electron chi connectivity index (χ4n) is 4.22. The molecular weight excluding hydrogens is 384 g/mol. The van der Waals surface area contributed by atoms with Gasteiger partial charge in [0.1, 0.15) is 0 Å². The van der Waals surface area contributed by atoms with Crippen LogP contribution in [-0.2, 0) is 11.3 Å². The number of likely N-dealkylation sites (tertiary alicyclic amines) is 1. The van der Waals surface area contributed by atoms with Gasteiger partial charge in [-0.05, 0) is 58.1 Å². The molecule has 0 bridgehead atoms. The Labute approximate surface area is 178 Å². The van der Waals surface area contributed by atoms with Crippen LogP contribution in [0.2, 0.25) is 0 Å². The predicted molar refractivity (Wildman–Crippen MR) is 118 cm³/mol. The highest BCUT2D eigenvalue weighted by atomic mass is 19.3. The van der Waals surface area contributed by atoms with Crippen LogP contribution in [0.1, 0.15) is 73.9 Å². The zero-order valence-electron chi connectivity index (χ0n) is 18.9. The van der Waals surface area contributed by atoms with Gasteiger partial charge in [0.15, 0.2) is 0 Å². The average molecular weight is 418 g/mol. The van der Waals surface area contributed by atoms with E-state index in [2.05, 4.69) is 42.6 Å². The van der Waals surface area contributed by atoms with Gasteiger partial charge in [0.05, 0.1) is 5.56 Å². The lowest BCUT2D eigenvalue weighted by molar-refractivity contribution is 0.0175. The molecule has 0 unspecified atom stereocenters. The van der Waals surface area contributed by atoms with Gasteiger partial charge in [-0.2, -0.15) is 0 Å². The highest BCUT2D eigenvalue weighted by Crippen LogP contribution is 2.35. The van der Waals surface area contributed by atoms with Crippen molar-refractivity contribution in [2.24, 2.45) is 0 Å². The number of hydrogen-bond donors (Lipinski definition) is 1. The number of carbonyl (C=O) groups excluding carboxylic acids is 1. The Bertz CT molecular complexity index is 914. The zero-order valence-corrected chi connectivity index (χ0v) is 18.9. The first kappa shape index (κ1) is 22.5. The minimum Gasteiger partial charge on any atom is -0.344 e. The van der Waals surface area contributed by atoms with Gasteiger partial charge in [0.25, 0.3) is 11.8 Å². The summed E-state index contributed by atoms with van der Waals surface area (Å²) in [5.41, 5.74) is 2.82. The summed E-state index contributed by atoms with van der Waals surface area (Å²) in [5.74, 6) is -3.21. The molecule has 4 nitrogen and oxygen atoms in total. The van der Waals surface area contributed by atoms with Gasteiger partial charge < -0.3 is 14.8 Å². The number of amides is 1. The number of piperidine rings is 1. The lowest BCUT2D eigenvalue weighted by Crippen LogP contribution is -2.33. The quantitative estimate of drug-likeness (QED) is 0.690. The predicted octanol–water partition coefficient (Wildman–Crippen LogP) is 5.72. The third-order valence-corrected chi connectivity index (χ3v) is 5.99. The summed E-state index contributed by atoms with van der Waals surface area (Å²) in [5, 5.41) is 2.82. The van der Waals surface area contributed by atoms with Crippen molar-refractivity contribution in [3.8, 4) is 0 Å². The molecule has 6 heteroatoms. The Morgan fingerprint density at radius 2 is 1.73 bits per heavy atom. The number of hydrogen-bond acceptors (Lipinski definition) is 2. The smallest absolute Gasteiger partial charge is 0.270 e. The number of halogens is 2. The van der Waals surface area contributed by atoms with Gasteiger partial charge in [0.2, 0.25) is 0 Å². The molecule has 1 N–H and O–H groups in total. The second-order valence-electron chi connectivity index (χ2n) is 9.61. The topological polar surface area (TPSA) is 37.3 Å². The molecule has 2 aromatic rings. The maximum Gasteiger partial charge on any atom is 0.270 e. The minimum atomic E-state index is -2.95. The summed E-state index contributed by atoms with van der Waals surface area (Å²) >= 11 is 0. The van der Waals surface area contributed by atoms with Crippen LogP contribution in [0.5, 0.6) is 0 Å². The molecule has 30 heavy (non-hydrogen) atoms. The maximum absolute atomic E-state index is 13.7. The fourth-order valence-corrected chi connectivity index (χ4v) is 4.22. The van der Waals surface area contributed by atoms with Gasteiger partial charge in [0, 0.05) is 41.0 Å². The summed E-state index contributed by atoms with van der Waals surface area (Å²) in [6.45, 7) is 11.4. The molecule has 1 amide bonds. The van der Waals surface area contributed by atoms with E-state index in [0.29, 0.717) is 17.3 Å². The second-order valence-corrected chi connectivity index (χ2v) is 9.61. The molecule has 2 heterocycles. The average Bonchev–Trinajstić information content (AvgIpc) is 3.00. The van der Waals surface area contributed by atoms with E-state index in [1.165, 1.54) is 12.1 Å². The van der Waals surface area contributed by atoms with Crippen molar-refractivity contribution in [3.05, 3.63) is 52.8 Å². The lowest BCUT2D eigenvalue weighted by atomic mass is 9.91. The number of nitrogens with one attached hydrogen (secondary N) is 1. The van der Waals surface area contributed by atoms with E-state index >= 15 is 0 Å². The van der Waals surface area contributed by atoms with Crippen molar-refractivity contribution >= 4 is 11.6 Å². The summed E-state index contributed by atoms with van der Waals surface area (Å²) < 4.78 is 29.7. The molecule has 3 rings (SSSR count). The molecule has 0 aliphatic carbocycles. The molecule has 1 aromatic carbocycles. The van der Waals surface area contributed by atoms with Crippen LogP contribution >= 0.6 is 0 Å². The number of nitrogens with zero attached hydrogens (tertiary/aromatic N) is 2. The van der Waals surface area contributed by atoms with E-state index in [-0.39, 0.29) is 16.9 Å². The number of anilines is 1. The van der Waals surface area contributed by atoms with E-state index in [1.54, 1.807) is 12.1 Å². The van der Waals surface area contributed by atoms with E-state index in [9.17, 15) is 13.6 Å². The third kappa shape index (κ3) is 4.75. The number of rotatable bonds is 4. The molecule has 0 atom stereocenters. The molecule has 1 aromatic heterocycles. The first-order valence-corrected chi connectivity index (χ1v) is 10.6. The van der Waals surface area contributed by atoms with Crippen LogP contribution in [0.4, 0.5) is 14.5 Å². The number of aromatic nitrogens is 1. The van der Waals surface area contributed by atoms with Crippen molar-refractivity contribution in [2.75, 3.05) is 25.5 Å². The van der Waals surface area contributed by atoms with Gasteiger partial charge in [-0.25, -0.2) is 8.78 Å². The van der Waals surface area contributed by atoms with Crippen LogP contribution in [-0.4, -0.2) is 35.5 Å². The van der Waals surface area contributed by atoms with Gasteiger partial charge in [-0.3, -0.25) is 4.79 Å². The summed E-state index contributed by atoms with van der Waals surface area (Å²) in [6, 6.07) is 8.22. The van der Waals surface area contributed by atoms with E-state index in [4.69, 9.17) is 0 Å².